The molecule has 3 aromatic rings. The van der Waals surface area contributed by atoms with Gasteiger partial charge in [0.1, 0.15) is 23.9 Å². The minimum atomic E-state index is -5.19. The fourth-order valence-corrected chi connectivity index (χ4v) is 5.28. The molecule has 0 spiro atoms. The zero-order chi connectivity index (χ0) is 23.2. The molecule has 2 aromatic heterocycles. The number of nitrogens with zero attached hydrogens (tertiary/aromatic N) is 2. The Balaban J connectivity index is 1.53. The van der Waals surface area contributed by atoms with Crippen LogP contribution in [0.4, 0.5) is 32.1 Å². The molecule has 4 rings (SSSR count). The molecule has 32 heavy (non-hydrogen) atoms. The number of carbonyl (C=O) groups excluding carboxylic acids is 1. The van der Waals surface area contributed by atoms with E-state index in [1.54, 1.807) is 11.3 Å². The number of aromatic nitrogens is 1. The van der Waals surface area contributed by atoms with Gasteiger partial charge in [-0.25, -0.2) is 13.8 Å². The van der Waals surface area contributed by atoms with E-state index >= 15 is 0 Å². The summed E-state index contributed by atoms with van der Waals surface area (Å²) in [7, 11) is 1.90. The molecule has 3 heterocycles. The van der Waals surface area contributed by atoms with E-state index in [1.807, 2.05) is 18.9 Å². The van der Waals surface area contributed by atoms with E-state index in [-0.39, 0.29) is 23.2 Å². The van der Waals surface area contributed by atoms with Crippen molar-refractivity contribution in [2.75, 3.05) is 24.0 Å². The summed E-state index contributed by atoms with van der Waals surface area (Å²) in [6.07, 6.45) is -5.13. The number of alkyl halides is 3. The van der Waals surface area contributed by atoms with E-state index in [0.717, 1.165) is 38.4 Å². The quantitative estimate of drug-likeness (QED) is 0.486. The van der Waals surface area contributed by atoms with Crippen LogP contribution in [0.25, 0.3) is 11.3 Å². The monoisotopic (exact) mass is 489 g/mol. The van der Waals surface area contributed by atoms with Crippen LogP contribution in [0.2, 0.25) is 0 Å². The van der Waals surface area contributed by atoms with Gasteiger partial charge in [0.15, 0.2) is 5.13 Å². The maximum Gasteiger partial charge on any atom is 0.422 e. The Morgan fingerprint density at radius 1 is 1.31 bits per heavy atom. The molecule has 0 saturated heterocycles. The van der Waals surface area contributed by atoms with Crippen LogP contribution in [0.5, 0.6) is 0 Å². The first-order chi connectivity index (χ1) is 15.1. The Morgan fingerprint density at radius 2 is 2.06 bits per heavy atom. The highest BCUT2D eigenvalue weighted by molar-refractivity contribution is 7.16. The number of amides is 1. The summed E-state index contributed by atoms with van der Waals surface area (Å²) >= 11 is 2.50. The van der Waals surface area contributed by atoms with Crippen molar-refractivity contribution in [1.29, 1.82) is 0 Å². The van der Waals surface area contributed by atoms with Gasteiger partial charge in [0.25, 0.3) is 0 Å². The van der Waals surface area contributed by atoms with E-state index in [1.165, 1.54) is 5.38 Å². The number of ether oxygens (including phenoxy) is 1. The van der Waals surface area contributed by atoms with Crippen LogP contribution < -0.4 is 10.2 Å². The van der Waals surface area contributed by atoms with Crippen LogP contribution in [-0.4, -0.2) is 24.7 Å². The normalized spacial score (nSPS) is 13.9. The van der Waals surface area contributed by atoms with Gasteiger partial charge in [0.2, 0.25) is 5.91 Å². The third-order valence-electron chi connectivity index (χ3n) is 4.91. The Kier molecular flexibility index (Phi) is 5.94. The third-order valence-corrected chi connectivity index (χ3v) is 6.98. The second-order valence-corrected chi connectivity index (χ2v) is 9.20. The van der Waals surface area contributed by atoms with Crippen molar-refractivity contribution in [3.63, 3.8) is 0 Å². The van der Waals surface area contributed by atoms with E-state index in [9.17, 15) is 26.7 Å². The largest absolute Gasteiger partial charge is 0.422 e. The predicted octanol–water partition coefficient (Wildman–Crippen LogP) is 5.58. The molecule has 1 aromatic carbocycles. The number of hydrogen-bond acceptors (Lipinski definition) is 6. The molecule has 5 nitrogen and oxygen atoms in total. The maximum absolute atomic E-state index is 14.4. The number of hydrogen-bond donors (Lipinski definition) is 1. The summed E-state index contributed by atoms with van der Waals surface area (Å²) in [5.41, 5.74) is -0.807. The number of fused-ring (bicyclic) bond motifs is 1. The lowest BCUT2D eigenvalue weighted by atomic mass is 10.1. The fraction of sp³-hybridized carbons (Fsp3) is 0.300. The van der Waals surface area contributed by atoms with E-state index in [4.69, 9.17) is 4.74 Å². The van der Waals surface area contributed by atoms with Crippen molar-refractivity contribution in [3.8, 4) is 11.3 Å². The summed E-state index contributed by atoms with van der Waals surface area (Å²) in [6, 6.07) is 1.43. The second-order valence-electron chi connectivity index (χ2n) is 7.14. The number of thiazole rings is 1. The second kappa shape index (κ2) is 8.41. The zero-order valence-corrected chi connectivity index (χ0v) is 18.4. The van der Waals surface area contributed by atoms with Gasteiger partial charge in [0.05, 0.1) is 23.7 Å². The molecule has 0 atom stereocenters. The predicted molar refractivity (Wildman–Crippen MR) is 112 cm³/mol. The van der Waals surface area contributed by atoms with E-state index in [0.29, 0.717) is 19.4 Å². The van der Waals surface area contributed by atoms with Crippen molar-refractivity contribution in [2.24, 2.45) is 0 Å². The molecular weight excluding hydrogens is 473 g/mol. The molecule has 12 heteroatoms. The topological polar surface area (TPSA) is 54.5 Å². The SMILES string of the molecule is Cc1sc2c(c1CC(=O)Nc1nc(-c3ccc(F)c(C(F)(F)F)c3F)cs1)COCN2C. The first-order valence-corrected chi connectivity index (χ1v) is 11.0. The zero-order valence-electron chi connectivity index (χ0n) is 16.8. The Hall–Kier alpha value is -2.57. The number of nitrogens with one attached hydrogen (secondary N) is 1. The van der Waals surface area contributed by atoms with Crippen molar-refractivity contribution in [2.45, 2.75) is 26.1 Å². The average Bonchev–Trinajstić information content (AvgIpc) is 3.27. The van der Waals surface area contributed by atoms with Gasteiger partial charge < -0.3 is 15.0 Å². The number of rotatable bonds is 4. The van der Waals surface area contributed by atoms with Gasteiger partial charge in [-0.2, -0.15) is 13.2 Å². The van der Waals surface area contributed by atoms with Crippen molar-refractivity contribution in [3.05, 3.63) is 50.7 Å². The highest BCUT2D eigenvalue weighted by Crippen LogP contribution is 2.39. The van der Waals surface area contributed by atoms with Crippen LogP contribution in [0.3, 0.4) is 0 Å². The number of anilines is 2. The summed E-state index contributed by atoms with van der Waals surface area (Å²) in [5.74, 6) is -3.82. The number of thiophene rings is 1. The molecule has 0 bridgehead atoms. The molecule has 1 amide bonds. The minimum absolute atomic E-state index is 0.0624. The Bertz CT molecular complexity index is 1190. The number of benzene rings is 1. The lowest BCUT2D eigenvalue weighted by molar-refractivity contribution is -0.142. The summed E-state index contributed by atoms with van der Waals surface area (Å²) < 4.78 is 72.3. The van der Waals surface area contributed by atoms with Gasteiger partial charge in [-0.05, 0) is 24.6 Å². The molecule has 0 saturated carbocycles. The molecule has 0 fully saturated rings. The van der Waals surface area contributed by atoms with Gasteiger partial charge in [-0.15, -0.1) is 22.7 Å². The van der Waals surface area contributed by atoms with Gasteiger partial charge >= 0.3 is 6.18 Å². The molecule has 0 radical (unpaired) electrons. The van der Waals surface area contributed by atoms with Gasteiger partial charge in [0, 0.05) is 28.4 Å². The summed E-state index contributed by atoms with van der Waals surface area (Å²) in [5, 5.41) is 5.03. The van der Waals surface area contributed by atoms with Crippen LogP contribution in [0.15, 0.2) is 17.5 Å². The smallest absolute Gasteiger partial charge is 0.356 e. The highest BCUT2D eigenvalue weighted by Gasteiger charge is 2.39. The van der Waals surface area contributed by atoms with E-state index in [2.05, 4.69) is 10.3 Å². The van der Waals surface area contributed by atoms with Crippen LogP contribution in [0, 0.1) is 18.6 Å². The first-order valence-electron chi connectivity index (χ1n) is 9.27. The van der Waals surface area contributed by atoms with Gasteiger partial charge in [-0.1, -0.05) is 0 Å². The molecule has 170 valence electrons. The number of halogens is 5. The lowest BCUT2D eigenvalue weighted by Crippen LogP contribution is -2.26. The minimum Gasteiger partial charge on any atom is -0.356 e. The molecule has 1 N–H and O–H groups in total. The lowest BCUT2D eigenvalue weighted by Gasteiger charge is -2.24. The van der Waals surface area contributed by atoms with Gasteiger partial charge in [-0.3, -0.25) is 4.79 Å². The van der Waals surface area contributed by atoms with Crippen LogP contribution in [-0.2, 0) is 28.7 Å². The first kappa shape index (κ1) is 22.6. The third kappa shape index (κ3) is 4.21. The fourth-order valence-electron chi connectivity index (χ4n) is 3.43. The van der Waals surface area contributed by atoms with Crippen LogP contribution >= 0.6 is 22.7 Å². The standard InChI is InChI=1S/C20H16F5N3O2S2/c1-9-11(12-6-30-8-28(2)18(12)32-9)5-15(29)27-19-26-14(7-31-19)10-3-4-13(21)16(17(10)22)20(23,24)25/h3-4,7H,5-6,8H2,1-2H3,(H,26,27,29). The van der Waals surface area contributed by atoms with E-state index < -0.39 is 28.9 Å². The van der Waals surface area contributed by atoms with Crippen molar-refractivity contribution < 1.29 is 31.5 Å². The average molecular weight is 489 g/mol. The highest BCUT2D eigenvalue weighted by atomic mass is 32.1. The van der Waals surface area contributed by atoms with Crippen molar-refractivity contribution >= 4 is 38.7 Å². The molecule has 1 aliphatic heterocycles. The molecule has 1 aliphatic rings. The summed E-state index contributed by atoms with van der Waals surface area (Å²) in [6.45, 7) is 2.78. The summed E-state index contributed by atoms with van der Waals surface area (Å²) in [4.78, 5) is 19.5. The number of aryl methyl sites for hydroxylation is 1. The van der Waals surface area contributed by atoms with Crippen LogP contribution in [0.1, 0.15) is 21.6 Å². The molecule has 0 aliphatic carbocycles. The maximum atomic E-state index is 14.4. The molecular formula is C20H16F5N3O2S2. The van der Waals surface area contributed by atoms with Crippen molar-refractivity contribution in [1.82, 2.24) is 4.98 Å². The number of carbonyl (C=O) groups is 1. The Labute approximate surface area is 187 Å². The molecule has 0 unspecified atom stereocenters. The Morgan fingerprint density at radius 3 is 2.78 bits per heavy atom.